The minimum Gasteiger partial charge on any atom is -0.326 e. The lowest BCUT2D eigenvalue weighted by atomic mass is 10.1. The van der Waals surface area contributed by atoms with Gasteiger partial charge in [0.1, 0.15) is 5.78 Å². The predicted molar refractivity (Wildman–Crippen MR) is 48.9 cm³/mol. The molecule has 2 N–H and O–H groups in total. The zero-order valence-electron chi connectivity index (χ0n) is 8.08. The summed E-state index contributed by atoms with van der Waals surface area (Å²) in [5, 5.41) is 0. The van der Waals surface area contributed by atoms with Gasteiger partial charge in [-0.1, -0.05) is 0 Å². The van der Waals surface area contributed by atoms with Gasteiger partial charge in [-0.15, -0.1) is 0 Å². The van der Waals surface area contributed by atoms with E-state index in [-0.39, 0.29) is 17.9 Å². The second-order valence-corrected chi connectivity index (χ2v) is 3.91. The lowest BCUT2D eigenvalue weighted by Crippen LogP contribution is -2.39. The molecule has 1 aliphatic rings. The van der Waals surface area contributed by atoms with E-state index in [9.17, 15) is 4.79 Å². The molecule has 0 radical (unpaired) electrons. The molecule has 1 aliphatic heterocycles. The Bertz CT molecular complexity index is 179. The van der Waals surface area contributed by atoms with Gasteiger partial charge in [-0.05, 0) is 27.2 Å². The maximum atomic E-state index is 11.2. The zero-order chi connectivity index (χ0) is 9.30. The Hall–Kier alpha value is -0.410. The van der Waals surface area contributed by atoms with Gasteiger partial charge in [0.05, 0.1) is 6.04 Å². The number of carbonyl (C=O) groups is 1. The molecule has 0 aromatic carbocycles. The Morgan fingerprint density at radius 2 is 2.17 bits per heavy atom. The van der Waals surface area contributed by atoms with E-state index in [0.29, 0.717) is 6.04 Å². The first kappa shape index (κ1) is 9.68. The van der Waals surface area contributed by atoms with Crippen molar-refractivity contribution in [1.29, 1.82) is 0 Å². The van der Waals surface area contributed by atoms with E-state index in [1.54, 1.807) is 6.92 Å². The third kappa shape index (κ3) is 1.84. The molecular formula is C9H18N2O. The van der Waals surface area contributed by atoms with Crippen molar-refractivity contribution in [2.45, 2.75) is 45.3 Å². The smallest absolute Gasteiger partial charge is 0.146 e. The van der Waals surface area contributed by atoms with E-state index >= 15 is 0 Å². The Balaban J connectivity index is 2.65. The summed E-state index contributed by atoms with van der Waals surface area (Å²) in [5.41, 5.74) is 5.80. The van der Waals surface area contributed by atoms with Gasteiger partial charge in [-0.3, -0.25) is 9.69 Å². The van der Waals surface area contributed by atoms with Crippen molar-refractivity contribution < 1.29 is 4.79 Å². The quantitative estimate of drug-likeness (QED) is 0.652. The van der Waals surface area contributed by atoms with E-state index < -0.39 is 0 Å². The third-order valence-corrected chi connectivity index (χ3v) is 2.50. The fraction of sp³-hybridized carbons (Fsp3) is 0.889. The molecule has 0 unspecified atom stereocenters. The molecule has 0 spiro atoms. The molecule has 70 valence electrons. The summed E-state index contributed by atoms with van der Waals surface area (Å²) in [6.07, 6.45) is 0.827. The van der Waals surface area contributed by atoms with Crippen molar-refractivity contribution in [3.63, 3.8) is 0 Å². The van der Waals surface area contributed by atoms with Crippen LogP contribution in [-0.2, 0) is 4.79 Å². The average molecular weight is 170 g/mol. The standard InChI is InChI=1S/C9H18N2O/c1-6(2)11-5-8(10)4-9(11)7(3)12/h6,8-9H,4-5,10H2,1-3H3/t8-,9+/m1/s1. The minimum atomic E-state index is 0.0694. The number of hydrogen-bond donors (Lipinski definition) is 1. The molecule has 0 aliphatic carbocycles. The summed E-state index contributed by atoms with van der Waals surface area (Å²) in [7, 11) is 0. The first-order chi connectivity index (χ1) is 5.52. The molecular weight excluding hydrogens is 152 g/mol. The molecule has 1 rings (SSSR count). The van der Waals surface area contributed by atoms with Gasteiger partial charge in [0.2, 0.25) is 0 Å². The normalized spacial score (nSPS) is 31.4. The lowest BCUT2D eigenvalue weighted by Gasteiger charge is -2.25. The fourth-order valence-electron chi connectivity index (χ4n) is 1.86. The number of carbonyl (C=O) groups excluding carboxylic acids is 1. The van der Waals surface area contributed by atoms with Gasteiger partial charge in [0.15, 0.2) is 0 Å². The number of Topliss-reactive ketones (excluding diaryl/α,β-unsaturated/α-hetero) is 1. The highest BCUT2D eigenvalue weighted by Crippen LogP contribution is 2.19. The zero-order valence-corrected chi connectivity index (χ0v) is 8.08. The summed E-state index contributed by atoms with van der Waals surface area (Å²) in [4.78, 5) is 13.4. The van der Waals surface area contributed by atoms with Gasteiger partial charge < -0.3 is 5.73 Å². The summed E-state index contributed by atoms with van der Waals surface area (Å²) in [5.74, 6) is 0.247. The molecule has 0 bridgehead atoms. The van der Waals surface area contributed by atoms with Crippen molar-refractivity contribution in [2.24, 2.45) is 5.73 Å². The monoisotopic (exact) mass is 170 g/mol. The summed E-state index contributed by atoms with van der Waals surface area (Å²) < 4.78 is 0. The van der Waals surface area contributed by atoms with Crippen LogP contribution in [-0.4, -0.2) is 35.4 Å². The molecule has 3 heteroatoms. The molecule has 0 saturated carbocycles. The minimum absolute atomic E-state index is 0.0694. The molecule has 1 fully saturated rings. The molecule has 0 amide bonds. The highest BCUT2D eigenvalue weighted by atomic mass is 16.1. The van der Waals surface area contributed by atoms with Gasteiger partial charge in [-0.2, -0.15) is 0 Å². The van der Waals surface area contributed by atoms with Crippen LogP contribution in [0.3, 0.4) is 0 Å². The first-order valence-electron chi connectivity index (χ1n) is 4.54. The summed E-state index contributed by atoms with van der Waals surface area (Å²) in [6, 6.07) is 0.675. The van der Waals surface area contributed by atoms with Crippen molar-refractivity contribution in [1.82, 2.24) is 4.90 Å². The van der Waals surface area contributed by atoms with Crippen LogP contribution in [0.4, 0.5) is 0 Å². The molecule has 2 atom stereocenters. The van der Waals surface area contributed by atoms with Crippen molar-refractivity contribution >= 4 is 5.78 Å². The number of likely N-dealkylation sites (tertiary alicyclic amines) is 1. The number of nitrogens with zero attached hydrogens (tertiary/aromatic N) is 1. The van der Waals surface area contributed by atoms with E-state index in [0.717, 1.165) is 13.0 Å². The van der Waals surface area contributed by atoms with Crippen LogP contribution < -0.4 is 5.73 Å². The van der Waals surface area contributed by atoms with E-state index in [4.69, 9.17) is 5.73 Å². The van der Waals surface area contributed by atoms with Crippen LogP contribution in [0.5, 0.6) is 0 Å². The maximum absolute atomic E-state index is 11.2. The topological polar surface area (TPSA) is 46.3 Å². The van der Waals surface area contributed by atoms with E-state index in [1.807, 2.05) is 0 Å². The Kier molecular flexibility index (Phi) is 2.85. The second-order valence-electron chi connectivity index (χ2n) is 3.91. The van der Waals surface area contributed by atoms with Crippen LogP contribution in [0.15, 0.2) is 0 Å². The average Bonchev–Trinajstić information content (AvgIpc) is 2.31. The first-order valence-corrected chi connectivity index (χ1v) is 4.54. The van der Waals surface area contributed by atoms with E-state index in [2.05, 4.69) is 18.7 Å². The summed E-state index contributed by atoms with van der Waals surface area (Å²) in [6.45, 7) is 6.72. The van der Waals surface area contributed by atoms with Gasteiger partial charge >= 0.3 is 0 Å². The van der Waals surface area contributed by atoms with Crippen LogP contribution >= 0.6 is 0 Å². The molecule has 1 heterocycles. The third-order valence-electron chi connectivity index (χ3n) is 2.50. The van der Waals surface area contributed by atoms with Crippen LogP contribution in [0.2, 0.25) is 0 Å². The largest absolute Gasteiger partial charge is 0.326 e. The molecule has 0 aromatic rings. The van der Waals surface area contributed by atoms with Gasteiger partial charge in [-0.25, -0.2) is 0 Å². The van der Waals surface area contributed by atoms with Crippen molar-refractivity contribution in [3.8, 4) is 0 Å². The highest BCUT2D eigenvalue weighted by Gasteiger charge is 2.34. The Morgan fingerprint density at radius 3 is 2.50 bits per heavy atom. The number of ketones is 1. The van der Waals surface area contributed by atoms with Crippen molar-refractivity contribution in [2.75, 3.05) is 6.54 Å². The fourth-order valence-corrected chi connectivity index (χ4v) is 1.86. The number of nitrogens with two attached hydrogens (primary N) is 1. The molecule has 1 saturated heterocycles. The number of hydrogen-bond acceptors (Lipinski definition) is 3. The maximum Gasteiger partial charge on any atom is 0.146 e. The number of rotatable bonds is 2. The Labute approximate surface area is 73.9 Å². The molecule has 3 nitrogen and oxygen atoms in total. The Morgan fingerprint density at radius 1 is 1.58 bits per heavy atom. The van der Waals surface area contributed by atoms with Gasteiger partial charge in [0.25, 0.3) is 0 Å². The molecule has 0 aromatic heterocycles. The molecule has 12 heavy (non-hydrogen) atoms. The van der Waals surface area contributed by atoms with Crippen molar-refractivity contribution in [3.05, 3.63) is 0 Å². The van der Waals surface area contributed by atoms with E-state index in [1.165, 1.54) is 0 Å². The van der Waals surface area contributed by atoms with Gasteiger partial charge in [0, 0.05) is 18.6 Å². The van der Waals surface area contributed by atoms with Crippen LogP contribution in [0.1, 0.15) is 27.2 Å². The van der Waals surface area contributed by atoms with Crippen LogP contribution in [0.25, 0.3) is 0 Å². The predicted octanol–water partition coefficient (Wildman–Crippen LogP) is 0.385. The highest BCUT2D eigenvalue weighted by molar-refractivity contribution is 5.81. The second kappa shape index (κ2) is 3.54. The SMILES string of the molecule is CC(=O)[C@@H]1C[C@@H](N)CN1C(C)C. The van der Waals surface area contributed by atoms with Crippen LogP contribution in [0, 0.1) is 0 Å². The lowest BCUT2D eigenvalue weighted by molar-refractivity contribution is -0.121. The summed E-state index contributed by atoms with van der Waals surface area (Å²) >= 11 is 0.